The van der Waals surface area contributed by atoms with Crippen LogP contribution >= 0.6 is 24.0 Å². The maximum absolute atomic E-state index is 11.8. The Bertz CT molecular complexity index is 609. The number of nitrogens with one attached hydrogen (secondary N) is 1. The number of nitrogens with zero attached hydrogens (tertiary/aromatic N) is 2. The fraction of sp³-hybridized carbons (Fsp3) is 0.579. The van der Waals surface area contributed by atoms with E-state index in [9.17, 15) is 4.79 Å². The van der Waals surface area contributed by atoms with Crippen LogP contribution in [0.5, 0.6) is 5.75 Å². The molecule has 0 amide bonds. The van der Waals surface area contributed by atoms with E-state index in [1.54, 1.807) is 7.05 Å². The van der Waals surface area contributed by atoms with Crippen molar-refractivity contribution in [3.05, 3.63) is 29.8 Å². The number of halogens is 1. The molecule has 1 heterocycles. The molecule has 0 saturated carbocycles. The fourth-order valence-electron chi connectivity index (χ4n) is 3.21. The van der Waals surface area contributed by atoms with Gasteiger partial charge in [-0.2, -0.15) is 0 Å². The molecule has 2 rings (SSSR count). The van der Waals surface area contributed by atoms with Crippen LogP contribution in [-0.4, -0.2) is 57.2 Å². The Morgan fingerprint density at radius 3 is 2.81 bits per heavy atom. The van der Waals surface area contributed by atoms with Crippen molar-refractivity contribution in [1.82, 2.24) is 10.2 Å². The lowest BCUT2D eigenvalue weighted by Crippen LogP contribution is -2.41. The van der Waals surface area contributed by atoms with Crippen LogP contribution in [0.1, 0.15) is 19.4 Å². The van der Waals surface area contributed by atoms with Crippen LogP contribution in [0.4, 0.5) is 0 Å². The van der Waals surface area contributed by atoms with Gasteiger partial charge in [-0.1, -0.05) is 19.1 Å². The van der Waals surface area contributed by atoms with E-state index in [1.165, 1.54) is 12.7 Å². The van der Waals surface area contributed by atoms with Gasteiger partial charge >= 0.3 is 5.97 Å². The Morgan fingerprint density at radius 1 is 1.38 bits per heavy atom. The van der Waals surface area contributed by atoms with Gasteiger partial charge in [0.2, 0.25) is 0 Å². The maximum atomic E-state index is 11.8. The van der Waals surface area contributed by atoms with E-state index in [0.717, 1.165) is 31.2 Å². The minimum absolute atomic E-state index is 0. The topological polar surface area (TPSA) is 63.2 Å². The van der Waals surface area contributed by atoms with Crippen LogP contribution in [0.25, 0.3) is 0 Å². The van der Waals surface area contributed by atoms with E-state index in [-0.39, 0.29) is 41.8 Å². The fourth-order valence-corrected chi connectivity index (χ4v) is 3.21. The molecule has 1 aliphatic rings. The summed E-state index contributed by atoms with van der Waals surface area (Å²) in [6, 6.07) is 8.15. The third-order valence-electron chi connectivity index (χ3n) is 4.53. The highest BCUT2D eigenvalue weighted by molar-refractivity contribution is 14.0. The molecule has 0 aliphatic carbocycles. The highest BCUT2D eigenvalue weighted by atomic mass is 127. The van der Waals surface area contributed by atoms with Gasteiger partial charge in [0.1, 0.15) is 5.75 Å². The summed E-state index contributed by atoms with van der Waals surface area (Å²) in [6.07, 6.45) is 0.879. The number of esters is 1. The number of carbonyl (C=O) groups is 1. The number of aliphatic imine (C=N–C) groups is 1. The second kappa shape index (κ2) is 11.3. The monoisotopic (exact) mass is 475 g/mol. The molecular formula is C19H30IN3O3. The molecule has 1 aliphatic heterocycles. The van der Waals surface area contributed by atoms with Crippen LogP contribution in [-0.2, 0) is 16.0 Å². The molecule has 1 aromatic rings. The Morgan fingerprint density at radius 2 is 2.15 bits per heavy atom. The zero-order valence-electron chi connectivity index (χ0n) is 16.0. The van der Waals surface area contributed by atoms with Gasteiger partial charge in [0, 0.05) is 26.7 Å². The van der Waals surface area contributed by atoms with Gasteiger partial charge in [-0.15, -0.1) is 24.0 Å². The van der Waals surface area contributed by atoms with Crippen molar-refractivity contribution < 1.29 is 14.3 Å². The second-order valence-corrected chi connectivity index (χ2v) is 6.32. The summed E-state index contributed by atoms with van der Waals surface area (Å²) in [6.45, 7) is 6.95. The van der Waals surface area contributed by atoms with Gasteiger partial charge in [-0.05, 0) is 37.0 Å². The summed E-state index contributed by atoms with van der Waals surface area (Å²) < 4.78 is 10.4. The third-order valence-corrected chi connectivity index (χ3v) is 4.53. The lowest BCUT2D eigenvalue weighted by molar-refractivity contribution is -0.145. The molecule has 2 unspecified atom stereocenters. The molecule has 0 radical (unpaired) electrons. The molecule has 1 aromatic carbocycles. The van der Waals surface area contributed by atoms with Crippen LogP contribution in [0.15, 0.2) is 29.3 Å². The number of hydrogen-bond donors (Lipinski definition) is 1. The summed E-state index contributed by atoms with van der Waals surface area (Å²) >= 11 is 0. The first-order chi connectivity index (χ1) is 12.1. The number of hydrogen-bond acceptors (Lipinski definition) is 4. The average Bonchev–Trinajstić information content (AvgIpc) is 3.00. The lowest BCUT2D eigenvalue weighted by atomic mass is 9.99. The quantitative estimate of drug-likeness (QED) is 0.297. The summed E-state index contributed by atoms with van der Waals surface area (Å²) in [5.74, 6) is 1.76. The van der Waals surface area contributed by atoms with Crippen LogP contribution in [0, 0.1) is 11.8 Å². The van der Waals surface area contributed by atoms with E-state index in [4.69, 9.17) is 9.47 Å². The first kappa shape index (κ1) is 22.5. The van der Waals surface area contributed by atoms with Crippen molar-refractivity contribution in [3.8, 4) is 5.75 Å². The number of carbonyl (C=O) groups excluding carboxylic acids is 1. The molecule has 146 valence electrons. The predicted molar refractivity (Wildman–Crippen MR) is 114 cm³/mol. The van der Waals surface area contributed by atoms with Gasteiger partial charge in [0.25, 0.3) is 0 Å². The SMILES string of the molecule is CCOc1cccc(CCNC(=NC)N2CC(C)C(C(=O)OC)C2)c1.I. The Kier molecular flexibility index (Phi) is 9.75. The first-order valence-corrected chi connectivity index (χ1v) is 8.84. The largest absolute Gasteiger partial charge is 0.494 e. The van der Waals surface area contributed by atoms with Crippen LogP contribution in [0.3, 0.4) is 0 Å². The van der Waals surface area contributed by atoms with Gasteiger partial charge in [-0.3, -0.25) is 9.79 Å². The van der Waals surface area contributed by atoms with Crippen LogP contribution in [0.2, 0.25) is 0 Å². The van der Waals surface area contributed by atoms with Crippen molar-refractivity contribution in [3.63, 3.8) is 0 Å². The van der Waals surface area contributed by atoms with E-state index < -0.39 is 0 Å². The van der Waals surface area contributed by atoms with E-state index in [2.05, 4.69) is 34.3 Å². The second-order valence-electron chi connectivity index (χ2n) is 6.32. The lowest BCUT2D eigenvalue weighted by Gasteiger charge is -2.21. The number of likely N-dealkylation sites (tertiary alicyclic amines) is 1. The van der Waals surface area contributed by atoms with E-state index in [1.807, 2.05) is 19.1 Å². The molecule has 0 spiro atoms. The Labute approximate surface area is 173 Å². The van der Waals surface area contributed by atoms with Gasteiger partial charge < -0.3 is 19.7 Å². The number of methoxy groups -OCH3 is 1. The van der Waals surface area contributed by atoms with Crippen LogP contribution < -0.4 is 10.1 Å². The minimum Gasteiger partial charge on any atom is -0.494 e. The van der Waals surface area contributed by atoms with Crippen molar-refractivity contribution in [2.75, 3.05) is 40.4 Å². The summed E-state index contributed by atoms with van der Waals surface area (Å²) in [5.41, 5.74) is 1.22. The van der Waals surface area contributed by atoms with Crippen molar-refractivity contribution in [2.45, 2.75) is 20.3 Å². The molecule has 26 heavy (non-hydrogen) atoms. The number of ether oxygens (including phenoxy) is 2. The minimum atomic E-state index is -0.141. The number of benzene rings is 1. The molecule has 7 heteroatoms. The first-order valence-electron chi connectivity index (χ1n) is 8.84. The number of rotatable bonds is 6. The van der Waals surface area contributed by atoms with Crippen molar-refractivity contribution >= 4 is 35.9 Å². The molecular weight excluding hydrogens is 445 g/mol. The Balaban J connectivity index is 0.00000338. The van der Waals surface area contributed by atoms with Gasteiger partial charge in [-0.25, -0.2) is 0 Å². The summed E-state index contributed by atoms with van der Waals surface area (Å²) in [7, 11) is 3.22. The number of guanidine groups is 1. The highest BCUT2D eigenvalue weighted by Crippen LogP contribution is 2.24. The molecule has 0 bridgehead atoms. The standard InChI is InChI=1S/C19H29N3O3.HI/c1-5-25-16-8-6-7-15(11-16)9-10-21-19(20-3)22-12-14(2)17(13-22)18(23)24-4;/h6-8,11,14,17H,5,9-10,12-13H2,1-4H3,(H,20,21);1H. The summed E-state index contributed by atoms with van der Waals surface area (Å²) in [4.78, 5) is 18.3. The normalized spacial score (nSPS) is 19.7. The highest BCUT2D eigenvalue weighted by Gasteiger charge is 2.36. The molecule has 1 N–H and O–H groups in total. The van der Waals surface area contributed by atoms with Crippen molar-refractivity contribution in [1.29, 1.82) is 0 Å². The van der Waals surface area contributed by atoms with E-state index >= 15 is 0 Å². The molecule has 2 atom stereocenters. The average molecular weight is 475 g/mol. The molecule has 6 nitrogen and oxygen atoms in total. The smallest absolute Gasteiger partial charge is 0.310 e. The molecule has 1 fully saturated rings. The Hall–Kier alpha value is -1.51. The zero-order valence-corrected chi connectivity index (χ0v) is 18.4. The van der Waals surface area contributed by atoms with Gasteiger partial charge in [0.15, 0.2) is 5.96 Å². The predicted octanol–water partition coefficient (Wildman–Crippen LogP) is 2.56. The zero-order chi connectivity index (χ0) is 18.2. The molecule has 1 saturated heterocycles. The van der Waals surface area contributed by atoms with E-state index in [0.29, 0.717) is 13.2 Å². The van der Waals surface area contributed by atoms with Gasteiger partial charge in [0.05, 0.1) is 19.6 Å². The summed E-state index contributed by atoms with van der Waals surface area (Å²) in [5, 5.41) is 3.39. The van der Waals surface area contributed by atoms with Crippen molar-refractivity contribution in [2.24, 2.45) is 16.8 Å². The third kappa shape index (κ3) is 6.03. The maximum Gasteiger partial charge on any atom is 0.310 e. The molecule has 0 aromatic heterocycles.